The Labute approximate surface area is 193 Å². The molecule has 0 N–H and O–H groups in total. The SMILES string of the molecule is CCCCc1ccc(S(=O)(=O)N2CCN(S(=O)(=O)c3ccc(CCCC)cc3)CC2)cc1. The Bertz CT molecular complexity index is 982. The van der Waals surface area contributed by atoms with Crippen LogP contribution in [0.3, 0.4) is 0 Å². The van der Waals surface area contributed by atoms with Crippen LogP contribution in [0.5, 0.6) is 0 Å². The lowest BCUT2D eigenvalue weighted by molar-refractivity contribution is 0.273. The maximum atomic E-state index is 13.0. The van der Waals surface area contributed by atoms with Crippen molar-refractivity contribution >= 4 is 20.0 Å². The molecule has 6 nitrogen and oxygen atoms in total. The van der Waals surface area contributed by atoms with E-state index in [0.717, 1.165) is 49.7 Å². The number of sulfonamides is 2. The number of nitrogens with zero attached hydrogens (tertiary/aromatic N) is 2. The first-order valence-electron chi connectivity index (χ1n) is 11.5. The molecule has 1 aliphatic heterocycles. The van der Waals surface area contributed by atoms with Crippen molar-refractivity contribution in [3.05, 3.63) is 59.7 Å². The third kappa shape index (κ3) is 5.78. The molecular formula is C24H34N2O4S2. The summed E-state index contributed by atoms with van der Waals surface area (Å²) < 4.78 is 54.8. The second kappa shape index (κ2) is 10.9. The number of piperazine rings is 1. The van der Waals surface area contributed by atoms with E-state index in [-0.39, 0.29) is 36.0 Å². The fraction of sp³-hybridized carbons (Fsp3) is 0.500. The Morgan fingerprint density at radius 3 is 1.19 bits per heavy atom. The van der Waals surface area contributed by atoms with E-state index in [2.05, 4.69) is 13.8 Å². The van der Waals surface area contributed by atoms with Gasteiger partial charge < -0.3 is 0 Å². The van der Waals surface area contributed by atoms with Gasteiger partial charge in [-0.25, -0.2) is 16.8 Å². The third-order valence-electron chi connectivity index (χ3n) is 5.96. The van der Waals surface area contributed by atoms with E-state index in [1.54, 1.807) is 24.3 Å². The lowest BCUT2D eigenvalue weighted by atomic mass is 10.1. The highest BCUT2D eigenvalue weighted by Crippen LogP contribution is 2.23. The molecule has 2 aromatic carbocycles. The van der Waals surface area contributed by atoms with E-state index in [1.807, 2.05) is 24.3 Å². The van der Waals surface area contributed by atoms with Gasteiger partial charge in [-0.15, -0.1) is 0 Å². The number of benzene rings is 2. The van der Waals surface area contributed by atoms with Crippen molar-refractivity contribution in [2.24, 2.45) is 0 Å². The zero-order valence-electron chi connectivity index (χ0n) is 19.0. The lowest BCUT2D eigenvalue weighted by Crippen LogP contribution is -2.50. The first-order valence-corrected chi connectivity index (χ1v) is 14.3. The maximum absolute atomic E-state index is 13.0. The Balaban J connectivity index is 1.64. The Morgan fingerprint density at radius 2 is 0.906 bits per heavy atom. The third-order valence-corrected chi connectivity index (χ3v) is 9.78. The molecule has 0 aromatic heterocycles. The smallest absolute Gasteiger partial charge is 0.207 e. The molecule has 0 radical (unpaired) electrons. The van der Waals surface area contributed by atoms with Crippen LogP contribution in [0.2, 0.25) is 0 Å². The summed E-state index contributed by atoms with van der Waals surface area (Å²) in [6.07, 6.45) is 6.21. The van der Waals surface area contributed by atoms with Gasteiger partial charge in [0.25, 0.3) is 0 Å². The van der Waals surface area contributed by atoms with Crippen molar-refractivity contribution < 1.29 is 16.8 Å². The number of aryl methyl sites for hydroxylation is 2. The average Bonchev–Trinajstić information content (AvgIpc) is 2.82. The van der Waals surface area contributed by atoms with Crippen molar-refractivity contribution in [3.8, 4) is 0 Å². The fourth-order valence-corrected chi connectivity index (χ4v) is 6.71. The molecule has 8 heteroatoms. The first-order chi connectivity index (χ1) is 15.3. The van der Waals surface area contributed by atoms with Gasteiger partial charge in [-0.3, -0.25) is 0 Å². The summed E-state index contributed by atoms with van der Waals surface area (Å²) in [4.78, 5) is 0.522. The van der Waals surface area contributed by atoms with E-state index in [4.69, 9.17) is 0 Å². The normalized spacial score (nSPS) is 16.3. The quantitative estimate of drug-likeness (QED) is 0.516. The van der Waals surface area contributed by atoms with E-state index >= 15 is 0 Å². The van der Waals surface area contributed by atoms with E-state index < -0.39 is 20.0 Å². The van der Waals surface area contributed by atoms with Crippen LogP contribution in [0.4, 0.5) is 0 Å². The number of unbranched alkanes of at least 4 members (excludes halogenated alkanes) is 2. The Kier molecular flexibility index (Phi) is 8.49. The fourth-order valence-electron chi connectivity index (χ4n) is 3.87. The second-order valence-corrected chi connectivity index (χ2v) is 12.2. The molecule has 0 unspecified atom stereocenters. The van der Waals surface area contributed by atoms with E-state index in [1.165, 1.54) is 8.61 Å². The minimum Gasteiger partial charge on any atom is -0.207 e. The van der Waals surface area contributed by atoms with Crippen LogP contribution in [-0.2, 0) is 32.9 Å². The van der Waals surface area contributed by atoms with Crippen molar-refractivity contribution in [2.75, 3.05) is 26.2 Å². The molecule has 3 rings (SSSR count). The van der Waals surface area contributed by atoms with Crippen LogP contribution in [0.15, 0.2) is 58.3 Å². The Hall–Kier alpha value is -1.74. The molecular weight excluding hydrogens is 444 g/mol. The van der Waals surface area contributed by atoms with Crippen LogP contribution in [0, 0.1) is 0 Å². The first kappa shape index (κ1) is 24.9. The molecule has 1 fully saturated rings. The van der Waals surface area contributed by atoms with Gasteiger partial charge in [0.15, 0.2) is 0 Å². The Morgan fingerprint density at radius 1 is 0.594 bits per heavy atom. The van der Waals surface area contributed by atoms with Gasteiger partial charge in [0.1, 0.15) is 0 Å². The highest BCUT2D eigenvalue weighted by Gasteiger charge is 2.33. The van der Waals surface area contributed by atoms with Crippen molar-refractivity contribution in [2.45, 2.75) is 62.2 Å². The summed E-state index contributed by atoms with van der Waals surface area (Å²) in [5.41, 5.74) is 2.25. The van der Waals surface area contributed by atoms with E-state index in [9.17, 15) is 16.8 Å². The van der Waals surface area contributed by atoms with Gasteiger partial charge in [0, 0.05) is 26.2 Å². The lowest BCUT2D eigenvalue weighted by Gasteiger charge is -2.33. The summed E-state index contributed by atoms with van der Waals surface area (Å²) >= 11 is 0. The molecule has 32 heavy (non-hydrogen) atoms. The molecule has 2 aromatic rings. The van der Waals surface area contributed by atoms with Gasteiger partial charge in [-0.2, -0.15) is 8.61 Å². The van der Waals surface area contributed by atoms with Gasteiger partial charge in [-0.05, 0) is 61.1 Å². The van der Waals surface area contributed by atoms with Gasteiger partial charge >= 0.3 is 0 Å². The minimum absolute atomic E-state index is 0.147. The average molecular weight is 479 g/mol. The summed E-state index contributed by atoms with van der Waals surface area (Å²) in [6, 6.07) is 14.1. The zero-order chi connectivity index (χ0) is 23.2. The van der Waals surface area contributed by atoms with Crippen molar-refractivity contribution in [1.29, 1.82) is 0 Å². The number of hydrogen-bond donors (Lipinski definition) is 0. The molecule has 1 aliphatic rings. The molecule has 0 atom stereocenters. The summed E-state index contributed by atoms with van der Waals surface area (Å²) in [5.74, 6) is 0. The number of rotatable bonds is 10. The summed E-state index contributed by atoms with van der Waals surface area (Å²) in [6.45, 7) is 4.84. The zero-order valence-corrected chi connectivity index (χ0v) is 20.7. The molecule has 1 heterocycles. The molecule has 0 amide bonds. The van der Waals surface area contributed by atoms with Gasteiger partial charge in [0.05, 0.1) is 9.79 Å². The minimum atomic E-state index is -3.64. The highest BCUT2D eigenvalue weighted by molar-refractivity contribution is 7.89. The van der Waals surface area contributed by atoms with Crippen LogP contribution in [-0.4, -0.2) is 51.6 Å². The van der Waals surface area contributed by atoms with Crippen LogP contribution in [0.25, 0.3) is 0 Å². The predicted octanol–water partition coefficient (Wildman–Crippen LogP) is 4.07. The molecule has 0 aliphatic carbocycles. The summed E-state index contributed by atoms with van der Waals surface area (Å²) in [7, 11) is -7.27. The standard InChI is InChI=1S/C24H34N2O4S2/c1-3-5-7-21-9-13-23(14-10-21)31(27,28)25-17-19-26(20-18-25)32(29,30)24-15-11-22(12-16-24)8-6-4-2/h9-16H,3-8,17-20H2,1-2H3. The molecule has 1 saturated heterocycles. The predicted molar refractivity (Wildman–Crippen MR) is 128 cm³/mol. The van der Waals surface area contributed by atoms with Crippen LogP contribution >= 0.6 is 0 Å². The van der Waals surface area contributed by atoms with Crippen molar-refractivity contribution in [3.63, 3.8) is 0 Å². The largest absolute Gasteiger partial charge is 0.243 e. The van der Waals surface area contributed by atoms with Gasteiger partial charge in [0.2, 0.25) is 20.0 Å². The number of hydrogen-bond acceptors (Lipinski definition) is 4. The topological polar surface area (TPSA) is 74.8 Å². The molecule has 0 spiro atoms. The molecule has 0 saturated carbocycles. The van der Waals surface area contributed by atoms with Crippen LogP contribution in [0.1, 0.15) is 50.7 Å². The van der Waals surface area contributed by atoms with E-state index in [0.29, 0.717) is 0 Å². The summed E-state index contributed by atoms with van der Waals surface area (Å²) in [5, 5.41) is 0. The second-order valence-electron chi connectivity index (χ2n) is 8.30. The van der Waals surface area contributed by atoms with Crippen LogP contribution < -0.4 is 0 Å². The highest BCUT2D eigenvalue weighted by atomic mass is 32.2. The maximum Gasteiger partial charge on any atom is 0.243 e. The molecule has 176 valence electrons. The molecule has 0 bridgehead atoms. The van der Waals surface area contributed by atoms with Crippen molar-refractivity contribution in [1.82, 2.24) is 8.61 Å². The monoisotopic (exact) mass is 478 g/mol. The van der Waals surface area contributed by atoms with Gasteiger partial charge in [-0.1, -0.05) is 51.0 Å².